The maximum atomic E-state index is 12.3. The summed E-state index contributed by atoms with van der Waals surface area (Å²) in [4.78, 5) is 28.6. The Bertz CT molecular complexity index is 380. The van der Waals surface area contributed by atoms with Crippen molar-refractivity contribution < 1.29 is 9.59 Å². The number of nitrogens with zero attached hydrogens (tertiary/aromatic N) is 1. The van der Waals surface area contributed by atoms with Crippen molar-refractivity contribution in [3.8, 4) is 0 Å². The summed E-state index contributed by atoms with van der Waals surface area (Å²) in [6.45, 7) is 1.83. The molecule has 1 spiro atoms. The molecular weight excluding hydrogens is 230 g/mol. The highest BCUT2D eigenvalue weighted by atomic mass is 16.2. The van der Waals surface area contributed by atoms with Crippen LogP contribution in [0.2, 0.25) is 0 Å². The number of nitrogens with one attached hydrogen (secondary N) is 1. The van der Waals surface area contributed by atoms with Gasteiger partial charge < -0.3 is 11.1 Å². The SMILES string of the molecule is CC(N)CC1=NC(=O)C2(CCCCCC2)C(=O)N1. The van der Waals surface area contributed by atoms with Crippen molar-refractivity contribution >= 4 is 17.6 Å². The molecule has 2 rings (SSSR count). The lowest BCUT2D eigenvalue weighted by molar-refractivity contribution is -0.142. The fraction of sp³-hybridized carbons (Fsp3) is 0.769. The van der Waals surface area contributed by atoms with E-state index in [9.17, 15) is 9.59 Å². The molecule has 1 unspecified atom stereocenters. The Labute approximate surface area is 107 Å². The van der Waals surface area contributed by atoms with Crippen LogP contribution in [0.3, 0.4) is 0 Å². The fourth-order valence-electron chi connectivity index (χ4n) is 2.78. The van der Waals surface area contributed by atoms with E-state index in [4.69, 9.17) is 5.73 Å². The van der Waals surface area contributed by atoms with E-state index in [0.717, 1.165) is 25.7 Å². The summed E-state index contributed by atoms with van der Waals surface area (Å²) >= 11 is 0. The van der Waals surface area contributed by atoms with Crippen LogP contribution < -0.4 is 11.1 Å². The van der Waals surface area contributed by atoms with E-state index in [0.29, 0.717) is 25.1 Å². The second-order valence-electron chi connectivity index (χ2n) is 5.50. The molecule has 0 saturated heterocycles. The third-order valence-corrected chi connectivity index (χ3v) is 3.81. The second-order valence-corrected chi connectivity index (χ2v) is 5.50. The minimum atomic E-state index is -0.891. The fourth-order valence-corrected chi connectivity index (χ4v) is 2.78. The first-order chi connectivity index (χ1) is 8.54. The van der Waals surface area contributed by atoms with Crippen molar-refractivity contribution in [3.63, 3.8) is 0 Å². The molecule has 1 aliphatic carbocycles. The molecule has 0 bridgehead atoms. The van der Waals surface area contributed by atoms with Crippen LogP contribution in [-0.4, -0.2) is 23.7 Å². The maximum absolute atomic E-state index is 12.3. The molecule has 5 nitrogen and oxygen atoms in total. The molecular formula is C13H21N3O2. The molecule has 2 amide bonds. The molecule has 5 heteroatoms. The number of carbonyl (C=O) groups excluding carboxylic acids is 2. The molecule has 18 heavy (non-hydrogen) atoms. The lowest BCUT2D eigenvalue weighted by Crippen LogP contribution is -2.53. The smallest absolute Gasteiger partial charge is 0.263 e. The Balaban J connectivity index is 2.21. The quantitative estimate of drug-likeness (QED) is 0.721. The summed E-state index contributed by atoms with van der Waals surface area (Å²) in [5.41, 5.74) is 4.77. The molecule has 0 aromatic heterocycles. The molecule has 0 aromatic rings. The molecule has 1 fully saturated rings. The topological polar surface area (TPSA) is 84.5 Å². The number of amidine groups is 1. The average Bonchev–Trinajstić information content (AvgIpc) is 2.52. The largest absolute Gasteiger partial charge is 0.328 e. The van der Waals surface area contributed by atoms with Gasteiger partial charge in [-0.15, -0.1) is 0 Å². The van der Waals surface area contributed by atoms with E-state index < -0.39 is 5.41 Å². The van der Waals surface area contributed by atoms with Gasteiger partial charge >= 0.3 is 0 Å². The second kappa shape index (κ2) is 5.18. The van der Waals surface area contributed by atoms with Gasteiger partial charge in [-0.3, -0.25) is 9.59 Å². The van der Waals surface area contributed by atoms with Crippen molar-refractivity contribution in [2.75, 3.05) is 0 Å². The van der Waals surface area contributed by atoms with E-state index in [1.165, 1.54) is 0 Å². The van der Waals surface area contributed by atoms with E-state index in [1.807, 2.05) is 6.92 Å². The van der Waals surface area contributed by atoms with Crippen molar-refractivity contribution in [1.82, 2.24) is 5.32 Å². The third kappa shape index (κ3) is 2.46. The molecule has 1 atom stereocenters. The zero-order valence-corrected chi connectivity index (χ0v) is 10.9. The van der Waals surface area contributed by atoms with Crippen LogP contribution in [-0.2, 0) is 9.59 Å². The molecule has 0 aromatic carbocycles. The van der Waals surface area contributed by atoms with Gasteiger partial charge in [-0.1, -0.05) is 25.7 Å². The van der Waals surface area contributed by atoms with E-state index in [2.05, 4.69) is 10.3 Å². The number of amides is 2. The lowest BCUT2D eigenvalue weighted by Gasteiger charge is -2.32. The van der Waals surface area contributed by atoms with Crippen LogP contribution in [0.25, 0.3) is 0 Å². The van der Waals surface area contributed by atoms with Gasteiger partial charge in [-0.2, -0.15) is 4.99 Å². The normalized spacial score (nSPS) is 25.3. The van der Waals surface area contributed by atoms with E-state index in [1.54, 1.807) is 0 Å². The highest BCUT2D eigenvalue weighted by molar-refractivity contribution is 6.18. The number of rotatable bonds is 2. The molecule has 0 radical (unpaired) electrons. The van der Waals surface area contributed by atoms with Crippen molar-refractivity contribution in [3.05, 3.63) is 0 Å². The Morgan fingerprint density at radius 1 is 1.28 bits per heavy atom. The van der Waals surface area contributed by atoms with Crippen LogP contribution in [0.1, 0.15) is 51.9 Å². The summed E-state index contributed by atoms with van der Waals surface area (Å²) < 4.78 is 0. The minimum absolute atomic E-state index is 0.111. The Morgan fingerprint density at radius 2 is 1.89 bits per heavy atom. The first kappa shape index (κ1) is 13.2. The lowest BCUT2D eigenvalue weighted by atomic mass is 9.77. The highest BCUT2D eigenvalue weighted by Gasteiger charge is 2.48. The van der Waals surface area contributed by atoms with Gasteiger partial charge in [-0.25, -0.2) is 0 Å². The molecule has 1 aliphatic heterocycles. The first-order valence-electron chi connectivity index (χ1n) is 6.74. The van der Waals surface area contributed by atoms with E-state index in [-0.39, 0.29) is 17.9 Å². The molecule has 1 heterocycles. The van der Waals surface area contributed by atoms with Gasteiger partial charge in [0.1, 0.15) is 11.3 Å². The van der Waals surface area contributed by atoms with Gasteiger partial charge in [0, 0.05) is 12.5 Å². The zero-order valence-electron chi connectivity index (χ0n) is 10.9. The average molecular weight is 251 g/mol. The minimum Gasteiger partial charge on any atom is -0.328 e. The molecule has 1 saturated carbocycles. The summed E-state index contributed by atoms with van der Waals surface area (Å²) in [6.07, 6.45) is 5.75. The van der Waals surface area contributed by atoms with E-state index >= 15 is 0 Å². The van der Waals surface area contributed by atoms with Crippen molar-refractivity contribution in [1.29, 1.82) is 0 Å². The van der Waals surface area contributed by atoms with Crippen molar-refractivity contribution in [2.45, 2.75) is 57.9 Å². The highest BCUT2D eigenvalue weighted by Crippen LogP contribution is 2.38. The molecule has 100 valence electrons. The Hall–Kier alpha value is -1.23. The Kier molecular flexibility index (Phi) is 3.80. The standard InChI is InChI=1S/C13H21N3O2/c1-9(14)8-10-15-11(17)13(12(18)16-10)6-4-2-3-5-7-13/h9H,2-8,14H2,1H3,(H,15,16,17,18). The zero-order chi connectivity index (χ0) is 13.2. The third-order valence-electron chi connectivity index (χ3n) is 3.81. The van der Waals surface area contributed by atoms with Gasteiger partial charge in [-0.05, 0) is 19.8 Å². The summed E-state index contributed by atoms with van der Waals surface area (Å²) in [5.74, 6) is -0.00118. The number of nitrogens with two attached hydrogens (primary N) is 1. The van der Waals surface area contributed by atoms with Gasteiger partial charge in [0.25, 0.3) is 5.91 Å². The van der Waals surface area contributed by atoms with Crippen LogP contribution >= 0.6 is 0 Å². The monoisotopic (exact) mass is 251 g/mol. The summed E-state index contributed by atoms with van der Waals surface area (Å²) in [5, 5.41) is 2.78. The maximum Gasteiger partial charge on any atom is 0.263 e. The van der Waals surface area contributed by atoms with Gasteiger partial charge in [0.15, 0.2) is 0 Å². The van der Waals surface area contributed by atoms with Crippen LogP contribution in [0, 0.1) is 5.41 Å². The molecule has 2 aliphatic rings. The number of hydrogen-bond donors (Lipinski definition) is 2. The Morgan fingerprint density at radius 3 is 2.39 bits per heavy atom. The molecule has 3 N–H and O–H groups in total. The van der Waals surface area contributed by atoms with Gasteiger partial charge in [0.2, 0.25) is 5.91 Å². The van der Waals surface area contributed by atoms with Crippen LogP contribution in [0.15, 0.2) is 4.99 Å². The summed E-state index contributed by atoms with van der Waals surface area (Å²) in [7, 11) is 0. The number of carbonyl (C=O) groups is 2. The van der Waals surface area contributed by atoms with Gasteiger partial charge in [0.05, 0.1) is 0 Å². The van der Waals surface area contributed by atoms with Crippen LogP contribution in [0.4, 0.5) is 0 Å². The predicted molar refractivity (Wildman–Crippen MR) is 69.0 cm³/mol. The number of hydrogen-bond acceptors (Lipinski definition) is 3. The number of aliphatic imine (C=N–C) groups is 1. The predicted octanol–water partition coefficient (Wildman–Crippen LogP) is 1.12. The van der Waals surface area contributed by atoms with Crippen LogP contribution in [0.5, 0.6) is 0 Å². The van der Waals surface area contributed by atoms with Crippen molar-refractivity contribution in [2.24, 2.45) is 16.1 Å². The summed E-state index contributed by atoms with van der Waals surface area (Å²) in [6, 6.07) is -0.111. The first-order valence-corrected chi connectivity index (χ1v) is 6.74.